The van der Waals surface area contributed by atoms with Crippen LogP contribution in [0.3, 0.4) is 0 Å². The number of sulfonamides is 1. The largest absolute Gasteiger partial charge is 0.272 e. The Hall–Kier alpha value is -1.54. The van der Waals surface area contributed by atoms with E-state index in [1.54, 1.807) is 24.3 Å². The van der Waals surface area contributed by atoms with Crippen LogP contribution < -0.4 is 4.31 Å². The van der Waals surface area contributed by atoms with Gasteiger partial charge in [0.25, 0.3) is 0 Å². The van der Waals surface area contributed by atoms with E-state index in [0.29, 0.717) is 11.3 Å². The average Bonchev–Trinajstić information content (AvgIpc) is 2.26. The Balaban J connectivity index is 3.13. The van der Waals surface area contributed by atoms with E-state index in [2.05, 4.69) is 0 Å². The van der Waals surface area contributed by atoms with E-state index >= 15 is 0 Å². The number of benzene rings is 1. The first-order chi connectivity index (χ1) is 7.88. The maximum atomic E-state index is 12.0. The molecule has 0 aromatic heterocycles. The van der Waals surface area contributed by atoms with E-state index in [0.717, 1.165) is 0 Å². The molecule has 0 fully saturated rings. The molecule has 0 amide bonds. The van der Waals surface area contributed by atoms with Gasteiger partial charge in [0.1, 0.15) is 6.07 Å². The topological polar surface area (TPSA) is 61.2 Å². The van der Waals surface area contributed by atoms with Gasteiger partial charge in [-0.25, -0.2) is 8.42 Å². The van der Waals surface area contributed by atoms with Crippen LogP contribution in [0.1, 0.15) is 19.4 Å². The van der Waals surface area contributed by atoms with Crippen molar-refractivity contribution in [1.29, 1.82) is 5.26 Å². The van der Waals surface area contributed by atoms with Gasteiger partial charge in [-0.2, -0.15) is 5.26 Å². The molecule has 1 aromatic rings. The fourth-order valence-corrected chi connectivity index (χ4v) is 3.05. The first-order valence-electron chi connectivity index (χ1n) is 5.34. The van der Waals surface area contributed by atoms with Gasteiger partial charge in [-0.05, 0) is 18.1 Å². The summed E-state index contributed by atoms with van der Waals surface area (Å²) in [5, 5.41) is 8.94. The minimum Gasteiger partial charge on any atom is -0.272 e. The quantitative estimate of drug-likeness (QED) is 0.823. The number of nitrogens with zero attached hydrogens (tertiary/aromatic N) is 2. The Morgan fingerprint density at radius 3 is 2.47 bits per heavy atom. The van der Waals surface area contributed by atoms with Crippen molar-refractivity contribution in [3.05, 3.63) is 29.8 Å². The van der Waals surface area contributed by atoms with Crippen LogP contribution in [0, 0.1) is 17.2 Å². The van der Waals surface area contributed by atoms with Gasteiger partial charge < -0.3 is 0 Å². The van der Waals surface area contributed by atoms with E-state index in [9.17, 15) is 8.42 Å². The molecule has 92 valence electrons. The first kappa shape index (κ1) is 13.5. The standard InChI is InChI=1S/C12H16N2O2S/c1-10(2)9-17(15,16)14(3)12-7-5-4-6-11(12)8-13/h4-7,10H,9H2,1-3H3. The van der Waals surface area contributed by atoms with E-state index < -0.39 is 10.0 Å². The van der Waals surface area contributed by atoms with Crippen molar-refractivity contribution < 1.29 is 8.42 Å². The number of rotatable bonds is 4. The summed E-state index contributed by atoms with van der Waals surface area (Å²) in [4.78, 5) is 0. The summed E-state index contributed by atoms with van der Waals surface area (Å²) in [7, 11) is -1.88. The lowest BCUT2D eigenvalue weighted by Crippen LogP contribution is -2.31. The molecule has 4 nitrogen and oxygen atoms in total. The Labute approximate surface area is 103 Å². The zero-order valence-electron chi connectivity index (χ0n) is 10.2. The summed E-state index contributed by atoms with van der Waals surface area (Å²) < 4.78 is 25.2. The lowest BCUT2D eigenvalue weighted by atomic mass is 10.2. The van der Waals surface area contributed by atoms with E-state index in [1.807, 2.05) is 19.9 Å². The second-order valence-corrected chi connectivity index (χ2v) is 6.31. The molecule has 0 spiro atoms. The predicted molar refractivity (Wildman–Crippen MR) is 68.2 cm³/mol. The smallest absolute Gasteiger partial charge is 0.235 e. The summed E-state index contributed by atoms with van der Waals surface area (Å²) in [5.41, 5.74) is 0.790. The van der Waals surface area contributed by atoms with Crippen molar-refractivity contribution in [2.45, 2.75) is 13.8 Å². The van der Waals surface area contributed by atoms with Crippen LogP contribution >= 0.6 is 0 Å². The zero-order chi connectivity index (χ0) is 13.1. The number of hydrogen-bond donors (Lipinski definition) is 0. The van der Waals surface area contributed by atoms with Crippen LogP contribution in [0.4, 0.5) is 5.69 Å². The summed E-state index contributed by atoms with van der Waals surface area (Å²) in [5.74, 6) is 0.125. The van der Waals surface area contributed by atoms with Crippen LogP contribution in [-0.4, -0.2) is 21.2 Å². The van der Waals surface area contributed by atoms with Gasteiger partial charge in [-0.15, -0.1) is 0 Å². The Kier molecular flexibility index (Phi) is 4.13. The third-order valence-electron chi connectivity index (χ3n) is 2.32. The second-order valence-electron chi connectivity index (χ2n) is 4.27. The van der Waals surface area contributed by atoms with Crippen molar-refractivity contribution in [2.75, 3.05) is 17.1 Å². The highest BCUT2D eigenvalue weighted by Gasteiger charge is 2.21. The summed E-state index contributed by atoms with van der Waals surface area (Å²) in [6, 6.07) is 8.67. The summed E-state index contributed by atoms with van der Waals surface area (Å²) in [6.45, 7) is 3.70. The molecular formula is C12H16N2O2S. The molecule has 0 bridgehead atoms. The van der Waals surface area contributed by atoms with Gasteiger partial charge in [0.05, 0.1) is 17.0 Å². The molecule has 0 saturated heterocycles. The second kappa shape index (κ2) is 5.19. The highest BCUT2D eigenvalue weighted by atomic mass is 32.2. The van der Waals surface area contributed by atoms with E-state index in [1.165, 1.54) is 11.4 Å². The van der Waals surface area contributed by atoms with Crippen LogP contribution in [-0.2, 0) is 10.0 Å². The lowest BCUT2D eigenvalue weighted by Gasteiger charge is -2.21. The Bertz CT molecular complexity index is 530. The maximum absolute atomic E-state index is 12.0. The first-order valence-corrected chi connectivity index (χ1v) is 6.95. The minimum absolute atomic E-state index is 0.0525. The number of nitriles is 1. The van der Waals surface area contributed by atoms with Crippen molar-refractivity contribution in [1.82, 2.24) is 0 Å². The van der Waals surface area contributed by atoms with E-state index in [-0.39, 0.29) is 11.7 Å². The monoisotopic (exact) mass is 252 g/mol. The summed E-state index contributed by atoms with van der Waals surface area (Å²) in [6.07, 6.45) is 0. The van der Waals surface area contributed by atoms with Gasteiger partial charge in [-0.1, -0.05) is 26.0 Å². The van der Waals surface area contributed by atoms with Gasteiger partial charge in [-0.3, -0.25) is 4.31 Å². The number of para-hydroxylation sites is 1. The molecule has 0 radical (unpaired) electrons. The fourth-order valence-electron chi connectivity index (χ4n) is 1.53. The van der Waals surface area contributed by atoms with Gasteiger partial charge >= 0.3 is 0 Å². The van der Waals surface area contributed by atoms with Gasteiger partial charge in [0, 0.05) is 7.05 Å². The fraction of sp³-hybridized carbons (Fsp3) is 0.417. The van der Waals surface area contributed by atoms with Crippen LogP contribution in [0.2, 0.25) is 0 Å². The highest BCUT2D eigenvalue weighted by Crippen LogP contribution is 2.21. The summed E-state index contributed by atoms with van der Waals surface area (Å²) >= 11 is 0. The Morgan fingerprint density at radius 1 is 1.35 bits per heavy atom. The molecule has 17 heavy (non-hydrogen) atoms. The van der Waals surface area contributed by atoms with E-state index in [4.69, 9.17) is 5.26 Å². The average molecular weight is 252 g/mol. The normalized spacial score (nSPS) is 11.2. The maximum Gasteiger partial charge on any atom is 0.235 e. The van der Waals surface area contributed by atoms with Crippen LogP contribution in [0.5, 0.6) is 0 Å². The van der Waals surface area contributed by atoms with Gasteiger partial charge in [0.2, 0.25) is 10.0 Å². The predicted octanol–water partition coefficient (Wildman–Crippen LogP) is 1.98. The van der Waals surface area contributed by atoms with Crippen molar-refractivity contribution in [3.63, 3.8) is 0 Å². The molecule has 0 heterocycles. The van der Waals surface area contributed by atoms with Gasteiger partial charge in [0.15, 0.2) is 0 Å². The molecular weight excluding hydrogens is 236 g/mol. The molecule has 0 saturated carbocycles. The van der Waals surface area contributed by atoms with Crippen molar-refractivity contribution in [3.8, 4) is 6.07 Å². The number of anilines is 1. The third-order valence-corrected chi connectivity index (χ3v) is 4.44. The molecule has 0 atom stereocenters. The molecule has 0 N–H and O–H groups in total. The highest BCUT2D eigenvalue weighted by molar-refractivity contribution is 7.92. The van der Waals surface area contributed by atoms with Crippen molar-refractivity contribution in [2.24, 2.45) is 5.92 Å². The molecule has 0 aliphatic carbocycles. The number of hydrogen-bond acceptors (Lipinski definition) is 3. The molecule has 0 aliphatic rings. The third kappa shape index (κ3) is 3.21. The Morgan fingerprint density at radius 2 is 1.94 bits per heavy atom. The van der Waals surface area contributed by atoms with Crippen LogP contribution in [0.15, 0.2) is 24.3 Å². The molecule has 1 rings (SSSR count). The lowest BCUT2D eigenvalue weighted by molar-refractivity contribution is 0.580. The SMILES string of the molecule is CC(C)CS(=O)(=O)N(C)c1ccccc1C#N. The minimum atomic E-state index is -3.36. The van der Waals surface area contributed by atoms with Crippen LogP contribution in [0.25, 0.3) is 0 Å². The molecule has 1 aromatic carbocycles. The van der Waals surface area contributed by atoms with Crippen molar-refractivity contribution >= 4 is 15.7 Å². The molecule has 5 heteroatoms. The zero-order valence-corrected chi connectivity index (χ0v) is 11.0. The molecule has 0 unspecified atom stereocenters. The molecule has 0 aliphatic heterocycles.